The minimum absolute atomic E-state index is 0.106. The van der Waals surface area contributed by atoms with E-state index in [1.165, 1.54) is 0 Å². The summed E-state index contributed by atoms with van der Waals surface area (Å²) in [5.41, 5.74) is 6.19. The molecule has 0 spiro atoms. The summed E-state index contributed by atoms with van der Waals surface area (Å²) in [6, 6.07) is 3.64. The lowest BCUT2D eigenvalue weighted by Gasteiger charge is -2.16. The molecule has 0 amide bonds. The van der Waals surface area contributed by atoms with Crippen molar-refractivity contribution in [2.45, 2.75) is 0 Å². The van der Waals surface area contributed by atoms with Crippen LogP contribution in [0.4, 0.5) is 5.82 Å². The van der Waals surface area contributed by atoms with E-state index in [1.54, 1.807) is 6.20 Å². The fraction of sp³-hybridized carbons (Fsp3) is 0.333. The third-order valence-electron chi connectivity index (χ3n) is 1.86. The summed E-state index contributed by atoms with van der Waals surface area (Å²) >= 11 is 4.81. The molecule has 0 saturated heterocycles. The van der Waals surface area contributed by atoms with E-state index in [4.69, 9.17) is 23.1 Å². The molecule has 3 N–H and O–H groups in total. The Kier molecular flexibility index (Phi) is 3.79. The van der Waals surface area contributed by atoms with Crippen molar-refractivity contribution in [1.29, 1.82) is 0 Å². The molecular weight excluding hydrogens is 198 g/mol. The van der Waals surface area contributed by atoms with Crippen molar-refractivity contribution in [3.63, 3.8) is 0 Å². The third kappa shape index (κ3) is 2.65. The van der Waals surface area contributed by atoms with E-state index < -0.39 is 0 Å². The molecule has 0 atom stereocenters. The molecule has 1 aromatic rings. The van der Waals surface area contributed by atoms with Gasteiger partial charge in [0.1, 0.15) is 10.8 Å². The highest BCUT2D eigenvalue weighted by atomic mass is 32.1. The Hall–Kier alpha value is -1.20. The predicted molar refractivity (Wildman–Crippen MR) is 60.5 cm³/mol. The van der Waals surface area contributed by atoms with Gasteiger partial charge in [-0.25, -0.2) is 4.98 Å². The number of aliphatic hydroxyl groups excluding tert-OH is 1. The van der Waals surface area contributed by atoms with Gasteiger partial charge in [-0.2, -0.15) is 0 Å². The van der Waals surface area contributed by atoms with Crippen LogP contribution in [0.5, 0.6) is 0 Å². The zero-order valence-electron chi connectivity index (χ0n) is 7.97. The second kappa shape index (κ2) is 4.88. The van der Waals surface area contributed by atoms with E-state index in [0.717, 1.165) is 11.4 Å². The predicted octanol–water partition coefficient (Wildman–Crippen LogP) is 0.144. The number of thiocarbonyl (C=S) groups is 1. The lowest BCUT2D eigenvalue weighted by Crippen LogP contribution is -2.22. The summed E-state index contributed by atoms with van der Waals surface area (Å²) < 4.78 is 0. The molecule has 0 aromatic carbocycles. The molecule has 0 fully saturated rings. The summed E-state index contributed by atoms with van der Waals surface area (Å²) in [7, 11) is 1.86. The fourth-order valence-corrected chi connectivity index (χ4v) is 1.14. The van der Waals surface area contributed by atoms with Crippen molar-refractivity contribution in [1.82, 2.24) is 4.98 Å². The normalized spacial score (nSPS) is 9.86. The second-order valence-corrected chi connectivity index (χ2v) is 3.35. The molecule has 1 heterocycles. The maximum absolute atomic E-state index is 8.73. The number of nitrogens with two attached hydrogens (primary N) is 1. The molecule has 0 aliphatic heterocycles. The standard InChI is InChI=1S/C9H13N3OS/c1-12(4-5-13)8-3-2-7(6-11-8)9(10)14/h2-3,6,13H,4-5H2,1H3,(H2,10,14). The zero-order valence-corrected chi connectivity index (χ0v) is 8.79. The number of hydrogen-bond donors (Lipinski definition) is 2. The van der Waals surface area contributed by atoms with E-state index in [9.17, 15) is 0 Å². The molecule has 1 rings (SSSR count). The highest BCUT2D eigenvalue weighted by molar-refractivity contribution is 7.80. The number of nitrogens with zero attached hydrogens (tertiary/aromatic N) is 2. The zero-order chi connectivity index (χ0) is 10.6. The van der Waals surface area contributed by atoms with Gasteiger partial charge in [-0.15, -0.1) is 0 Å². The number of aromatic nitrogens is 1. The SMILES string of the molecule is CN(CCO)c1ccc(C(N)=S)cn1. The molecule has 0 aliphatic rings. The maximum Gasteiger partial charge on any atom is 0.128 e. The van der Waals surface area contributed by atoms with Crippen molar-refractivity contribution in [3.05, 3.63) is 23.9 Å². The average molecular weight is 211 g/mol. The van der Waals surface area contributed by atoms with Gasteiger partial charge in [0.05, 0.1) is 6.61 Å². The van der Waals surface area contributed by atoms with Gasteiger partial charge in [-0.1, -0.05) is 12.2 Å². The Morgan fingerprint density at radius 1 is 1.64 bits per heavy atom. The number of rotatable bonds is 4. The van der Waals surface area contributed by atoms with Crippen LogP contribution in [-0.4, -0.2) is 35.3 Å². The van der Waals surface area contributed by atoms with Gasteiger partial charge >= 0.3 is 0 Å². The summed E-state index contributed by atoms with van der Waals surface area (Å²) in [4.78, 5) is 6.36. The van der Waals surface area contributed by atoms with Crippen molar-refractivity contribution in [2.24, 2.45) is 5.73 Å². The molecule has 5 heteroatoms. The lowest BCUT2D eigenvalue weighted by molar-refractivity contribution is 0.304. The average Bonchev–Trinajstić information content (AvgIpc) is 2.18. The van der Waals surface area contributed by atoms with Gasteiger partial charge in [-0.05, 0) is 12.1 Å². The first-order chi connectivity index (χ1) is 6.65. The van der Waals surface area contributed by atoms with Gasteiger partial charge in [0.2, 0.25) is 0 Å². The number of anilines is 1. The van der Waals surface area contributed by atoms with Crippen molar-refractivity contribution in [2.75, 3.05) is 25.1 Å². The maximum atomic E-state index is 8.73. The largest absolute Gasteiger partial charge is 0.395 e. The molecule has 0 bridgehead atoms. The lowest BCUT2D eigenvalue weighted by atomic mass is 10.3. The first-order valence-corrected chi connectivity index (χ1v) is 4.64. The van der Waals surface area contributed by atoms with Gasteiger partial charge in [-0.3, -0.25) is 0 Å². The monoisotopic (exact) mass is 211 g/mol. The molecule has 4 nitrogen and oxygen atoms in total. The number of hydrogen-bond acceptors (Lipinski definition) is 4. The second-order valence-electron chi connectivity index (χ2n) is 2.91. The first kappa shape index (κ1) is 10.9. The van der Waals surface area contributed by atoms with Crippen LogP contribution in [0.25, 0.3) is 0 Å². The van der Waals surface area contributed by atoms with Crippen LogP contribution in [-0.2, 0) is 0 Å². The van der Waals surface area contributed by atoms with Crippen LogP contribution >= 0.6 is 12.2 Å². The summed E-state index contributed by atoms with van der Waals surface area (Å²) in [6.45, 7) is 0.661. The van der Waals surface area contributed by atoms with Crippen LogP contribution in [0.3, 0.4) is 0 Å². The molecule has 76 valence electrons. The molecule has 0 aliphatic carbocycles. The summed E-state index contributed by atoms with van der Waals surface area (Å²) in [5, 5.41) is 8.73. The fourth-order valence-electron chi connectivity index (χ4n) is 1.02. The molecule has 14 heavy (non-hydrogen) atoms. The van der Waals surface area contributed by atoms with E-state index in [-0.39, 0.29) is 6.61 Å². The Morgan fingerprint density at radius 2 is 2.36 bits per heavy atom. The number of likely N-dealkylation sites (N-methyl/N-ethyl adjacent to an activating group) is 1. The Labute approximate surface area is 88.4 Å². The minimum atomic E-state index is 0.106. The summed E-state index contributed by atoms with van der Waals surface area (Å²) in [5.74, 6) is 0.791. The minimum Gasteiger partial charge on any atom is -0.395 e. The van der Waals surface area contributed by atoms with Gasteiger partial charge in [0.25, 0.3) is 0 Å². The van der Waals surface area contributed by atoms with Gasteiger partial charge < -0.3 is 15.7 Å². The highest BCUT2D eigenvalue weighted by Crippen LogP contribution is 2.08. The van der Waals surface area contributed by atoms with Gasteiger partial charge in [0.15, 0.2) is 0 Å². The van der Waals surface area contributed by atoms with E-state index in [1.807, 2.05) is 24.1 Å². The van der Waals surface area contributed by atoms with Crippen molar-refractivity contribution >= 4 is 23.0 Å². The van der Waals surface area contributed by atoms with Gasteiger partial charge in [0, 0.05) is 25.4 Å². The smallest absolute Gasteiger partial charge is 0.128 e. The Morgan fingerprint density at radius 3 is 2.79 bits per heavy atom. The van der Waals surface area contributed by atoms with Crippen molar-refractivity contribution < 1.29 is 5.11 Å². The van der Waals surface area contributed by atoms with E-state index >= 15 is 0 Å². The Bertz CT molecular complexity index is 312. The van der Waals surface area contributed by atoms with Crippen LogP contribution in [0, 0.1) is 0 Å². The molecular formula is C9H13N3OS. The van der Waals surface area contributed by atoms with Crippen LogP contribution in [0.1, 0.15) is 5.56 Å². The molecule has 1 aromatic heterocycles. The topological polar surface area (TPSA) is 62.4 Å². The molecule has 0 radical (unpaired) electrons. The first-order valence-electron chi connectivity index (χ1n) is 4.23. The molecule has 0 unspecified atom stereocenters. The molecule has 0 saturated carbocycles. The number of pyridine rings is 1. The van der Waals surface area contributed by atoms with Crippen molar-refractivity contribution in [3.8, 4) is 0 Å². The highest BCUT2D eigenvalue weighted by Gasteiger charge is 2.02. The van der Waals surface area contributed by atoms with E-state index in [2.05, 4.69) is 4.98 Å². The van der Waals surface area contributed by atoms with E-state index in [0.29, 0.717) is 11.5 Å². The summed E-state index contributed by atoms with van der Waals surface area (Å²) in [6.07, 6.45) is 1.63. The van der Waals surface area contributed by atoms with Crippen LogP contribution < -0.4 is 10.6 Å². The Balaban J connectivity index is 2.77. The third-order valence-corrected chi connectivity index (χ3v) is 2.09. The quantitative estimate of drug-likeness (QED) is 0.694. The number of aliphatic hydroxyl groups is 1. The van der Waals surface area contributed by atoms with Crippen LogP contribution in [0.2, 0.25) is 0 Å². The van der Waals surface area contributed by atoms with Crippen LogP contribution in [0.15, 0.2) is 18.3 Å².